The molecule has 1 aliphatic rings. The summed E-state index contributed by atoms with van der Waals surface area (Å²) in [6.45, 7) is 0. The predicted octanol–water partition coefficient (Wildman–Crippen LogP) is 6.04. The summed E-state index contributed by atoms with van der Waals surface area (Å²) < 4.78 is 37.9. The lowest BCUT2D eigenvalue weighted by Crippen LogP contribution is -2.29. The standard InChI is InChI=1S/C26H23ClN4O4S3/c1-34-22-15-17(8-11-19(22)30-38(2,32)33)31-25(24(29-26(31)36)20-5-3-4-14-28-20)21-12-13-23(35-21)37-18-9-6-16(27)7-10-18/h3-15,24-25,30H,1-2H3,(H,29,36)/t24-,25+/m0/s1. The van der Waals surface area contributed by atoms with Gasteiger partial charge in [-0.15, -0.1) is 0 Å². The number of halogens is 1. The predicted molar refractivity (Wildman–Crippen MR) is 154 cm³/mol. The molecule has 0 unspecified atom stereocenters. The molecule has 12 heteroatoms. The number of ether oxygens (including phenoxy) is 1. The lowest BCUT2D eigenvalue weighted by Gasteiger charge is -2.26. The average Bonchev–Trinajstić information content (AvgIpc) is 3.49. The number of sulfonamides is 1. The van der Waals surface area contributed by atoms with Gasteiger partial charge in [-0.2, -0.15) is 0 Å². The minimum Gasteiger partial charge on any atom is -0.494 e. The van der Waals surface area contributed by atoms with Gasteiger partial charge in [0.2, 0.25) is 10.0 Å². The molecular formula is C26H23ClN4O4S3. The van der Waals surface area contributed by atoms with E-state index < -0.39 is 10.0 Å². The topological polar surface area (TPSA) is 96.7 Å². The number of furan rings is 1. The number of nitrogens with one attached hydrogen (secondary N) is 2. The zero-order valence-corrected chi connectivity index (χ0v) is 23.5. The van der Waals surface area contributed by atoms with Gasteiger partial charge < -0.3 is 19.4 Å². The number of rotatable bonds is 8. The molecule has 5 rings (SSSR count). The van der Waals surface area contributed by atoms with Gasteiger partial charge in [0.25, 0.3) is 0 Å². The third-order valence-corrected chi connectivity index (χ3v) is 7.87. The summed E-state index contributed by atoms with van der Waals surface area (Å²) in [7, 11) is -2.01. The van der Waals surface area contributed by atoms with Crippen LogP contribution in [0.4, 0.5) is 11.4 Å². The van der Waals surface area contributed by atoms with Gasteiger partial charge in [0.1, 0.15) is 17.6 Å². The molecular weight excluding hydrogens is 564 g/mol. The van der Waals surface area contributed by atoms with Crippen molar-refractivity contribution in [3.63, 3.8) is 0 Å². The number of anilines is 2. The molecule has 0 amide bonds. The molecule has 0 aliphatic carbocycles. The Morgan fingerprint density at radius 2 is 1.92 bits per heavy atom. The van der Waals surface area contributed by atoms with E-state index in [1.54, 1.807) is 24.4 Å². The number of hydrogen-bond donors (Lipinski definition) is 2. The third kappa shape index (κ3) is 5.75. The molecule has 3 heterocycles. The summed E-state index contributed by atoms with van der Waals surface area (Å²) in [6.07, 6.45) is 2.82. The zero-order chi connectivity index (χ0) is 26.9. The van der Waals surface area contributed by atoms with Crippen molar-refractivity contribution < 1.29 is 17.6 Å². The maximum Gasteiger partial charge on any atom is 0.229 e. The van der Waals surface area contributed by atoms with Crippen molar-refractivity contribution in [3.8, 4) is 5.75 Å². The molecule has 8 nitrogen and oxygen atoms in total. The first-order valence-electron chi connectivity index (χ1n) is 11.4. The smallest absolute Gasteiger partial charge is 0.229 e. The van der Waals surface area contributed by atoms with Crippen LogP contribution in [0.15, 0.2) is 93.4 Å². The van der Waals surface area contributed by atoms with Gasteiger partial charge in [-0.3, -0.25) is 9.71 Å². The molecule has 1 fully saturated rings. The summed E-state index contributed by atoms with van der Waals surface area (Å²) in [6, 6.07) is 21.6. The molecule has 2 atom stereocenters. The number of pyridine rings is 1. The fourth-order valence-corrected chi connectivity index (χ4v) is 6.02. The second kappa shape index (κ2) is 10.9. The van der Waals surface area contributed by atoms with Crippen molar-refractivity contribution >= 4 is 62.1 Å². The first-order chi connectivity index (χ1) is 18.2. The number of thiocarbonyl (C=S) groups is 1. The Morgan fingerprint density at radius 1 is 1.13 bits per heavy atom. The van der Waals surface area contributed by atoms with Gasteiger partial charge >= 0.3 is 0 Å². The minimum atomic E-state index is -3.49. The van der Waals surface area contributed by atoms with Gasteiger partial charge in [0.05, 0.1) is 30.8 Å². The number of aromatic nitrogens is 1. The Bertz CT molecular complexity index is 1560. The van der Waals surface area contributed by atoms with E-state index in [-0.39, 0.29) is 12.1 Å². The van der Waals surface area contributed by atoms with E-state index in [2.05, 4.69) is 15.0 Å². The van der Waals surface area contributed by atoms with E-state index in [1.807, 2.05) is 59.5 Å². The van der Waals surface area contributed by atoms with Crippen molar-refractivity contribution in [2.75, 3.05) is 23.0 Å². The van der Waals surface area contributed by atoms with Gasteiger partial charge in [-0.05, 0) is 72.9 Å². The van der Waals surface area contributed by atoms with E-state index in [1.165, 1.54) is 18.9 Å². The molecule has 1 saturated heterocycles. The van der Waals surface area contributed by atoms with Crippen LogP contribution < -0.4 is 19.7 Å². The summed E-state index contributed by atoms with van der Waals surface area (Å²) in [5.74, 6) is 1.04. The number of nitrogens with zero attached hydrogens (tertiary/aromatic N) is 2. The second-order valence-corrected chi connectivity index (χ2v) is 12.1. The van der Waals surface area contributed by atoms with E-state index in [0.717, 1.165) is 16.8 Å². The molecule has 2 N–H and O–H groups in total. The Labute approximate surface area is 235 Å². The SMILES string of the molecule is COc1cc(N2C(=S)N[C@@H](c3ccccn3)[C@H]2c2ccc(Sc3ccc(Cl)cc3)o2)ccc1NS(C)(=O)=O. The van der Waals surface area contributed by atoms with Crippen molar-refractivity contribution in [1.29, 1.82) is 0 Å². The molecule has 38 heavy (non-hydrogen) atoms. The van der Waals surface area contributed by atoms with E-state index in [0.29, 0.717) is 38.1 Å². The van der Waals surface area contributed by atoms with Crippen molar-refractivity contribution in [2.45, 2.75) is 22.1 Å². The molecule has 1 aliphatic heterocycles. The summed E-state index contributed by atoms with van der Waals surface area (Å²) in [5.41, 5.74) is 1.83. The van der Waals surface area contributed by atoms with Crippen molar-refractivity contribution in [2.24, 2.45) is 0 Å². The molecule has 0 saturated carbocycles. The quantitative estimate of drug-likeness (QED) is 0.240. The molecule has 0 spiro atoms. The van der Waals surface area contributed by atoms with Crippen LogP contribution in [0, 0.1) is 0 Å². The van der Waals surface area contributed by atoms with Crippen LogP contribution in [0.2, 0.25) is 5.02 Å². The van der Waals surface area contributed by atoms with Crippen LogP contribution in [0.3, 0.4) is 0 Å². The fraction of sp³-hybridized carbons (Fsp3) is 0.154. The number of benzene rings is 2. The molecule has 0 bridgehead atoms. The Balaban J connectivity index is 1.54. The zero-order valence-electron chi connectivity index (χ0n) is 20.3. The summed E-state index contributed by atoms with van der Waals surface area (Å²) in [5, 5.41) is 5.24. The summed E-state index contributed by atoms with van der Waals surface area (Å²) >= 11 is 13.3. The Hall–Kier alpha value is -3.25. The second-order valence-electron chi connectivity index (χ2n) is 8.47. The number of methoxy groups -OCH3 is 1. The maximum atomic E-state index is 11.8. The lowest BCUT2D eigenvalue weighted by molar-refractivity contribution is 0.383. The number of hydrogen-bond acceptors (Lipinski definition) is 7. The van der Waals surface area contributed by atoms with E-state index in [4.69, 9.17) is 33.0 Å². The molecule has 196 valence electrons. The highest BCUT2D eigenvalue weighted by Gasteiger charge is 2.42. The highest BCUT2D eigenvalue weighted by Crippen LogP contribution is 2.44. The molecule has 2 aromatic heterocycles. The highest BCUT2D eigenvalue weighted by molar-refractivity contribution is 7.99. The summed E-state index contributed by atoms with van der Waals surface area (Å²) in [4.78, 5) is 7.48. The molecule has 0 radical (unpaired) electrons. The largest absolute Gasteiger partial charge is 0.494 e. The van der Waals surface area contributed by atoms with Gasteiger partial charge in [-0.25, -0.2) is 8.42 Å². The van der Waals surface area contributed by atoms with Gasteiger partial charge in [0, 0.05) is 27.9 Å². The Morgan fingerprint density at radius 3 is 2.61 bits per heavy atom. The maximum absolute atomic E-state index is 11.8. The van der Waals surface area contributed by atoms with Crippen LogP contribution in [0.1, 0.15) is 23.5 Å². The van der Waals surface area contributed by atoms with Crippen LogP contribution >= 0.6 is 35.6 Å². The van der Waals surface area contributed by atoms with Crippen LogP contribution in [-0.4, -0.2) is 31.9 Å². The molecule has 2 aromatic carbocycles. The van der Waals surface area contributed by atoms with Crippen molar-refractivity contribution in [3.05, 3.63) is 95.5 Å². The van der Waals surface area contributed by atoms with Crippen LogP contribution in [0.5, 0.6) is 5.75 Å². The van der Waals surface area contributed by atoms with Crippen LogP contribution in [0.25, 0.3) is 0 Å². The fourth-order valence-electron chi connectivity index (χ4n) is 4.20. The third-order valence-electron chi connectivity index (χ3n) is 5.78. The Kier molecular flexibility index (Phi) is 7.53. The normalized spacial score (nSPS) is 17.3. The van der Waals surface area contributed by atoms with E-state index >= 15 is 0 Å². The lowest BCUT2D eigenvalue weighted by atomic mass is 10.0. The van der Waals surface area contributed by atoms with Gasteiger partial charge in [-0.1, -0.05) is 29.4 Å². The van der Waals surface area contributed by atoms with Gasteiger partial charge in [0.15, 0.2) is 10.2 Å². The minimum absolute atomic E-state index is 0.303. The van der Waals surface area contributed by atoms with Crippen LogP contribution in [-0.2, 0) is 10.0 Å². The first kappa shape index (κ1) is 26.4. The monoisotopic (exact) mass is 586 g/mol. The molecule has 4 aromatic rings. The van der Waals surface area contributed by atoms with Crippen molar-refractivity contribution in [1.82, 2.24) is 10.3 Å². The average molecular weight is 587 g/mol. The first-order valence-corrected chi connectivity index (χ1v) is 14.9. The highest BCUT2D eigenvalue weighted by atomic mass is 35.5. The van der Waals surface area contributed by atoms with E-state index in [9.17, 15) is 8.42 Å².